The molecule has 1 aliphatic heterocycles. The van der Waals surface area contributed by atoms with Gasteiger partial charge in [0.05, 0.1) is 0 Å². The van der Waals surface area contributed by atoms with Crippen LogP contribution in [0.4, 0.5) is 4.39 Å². The van der Waals surface area contributed by atoms with E-state index in [4.69, 9.17) is 0 Å². The topological polar surface area (TPSA) is 3.24 Å². The summed E-state index contributed by atoms with van der Waals surface area (Å²) in [6.07, 6.45) is 2.18. The third kappa shape index (κ3) is 2.92. The van der Waals surface area contributed by atoms with Crippen LogP contribution in [0.2, 0.25) is 0 Å². The predicted molar refractivity (Wildman–Crippen MR) is 74.6 cm³/mol. The molecule has 0 unspecified atom stereocenters. The maximum Gasteiger partial charge on any atom is 0.126 e. The minimum atomic E-state index is -0.00357. The molecule has 0 spiro atoms. The molecule has 0 aromatic heterocycles. The second-order valence-electron chi connectivity index (χ2n) is 5.64. The molecule has 2 heteroatoms. The van der Waals surface area contributed by atoms with E-state index in [2.05, 4.69) is 31.7 Å². The van der Waals surface area contributed by atoms with Crippen molar-refractivity contribution in [3.05, 3.63) is 35.1 Å². The van der Waals surface area contributed by atoms with Gasteiger partial charge in [0.25, 0.3) is 0 Å². The van der Waals surface area contributed by atoms with Crippen LogP contribution in [0.1, 0.15) is 56.6 Å². The van der Waals surface area contributed by atoms with Gasteiger partial charge in [-0.1, -0.05) is 32.9 Å². The third-order valence-corrected chi connectivity index (χ3v) is 4.17. The second kappa shape index (κ2) is 5.83. The lowest BCUT2D eigenvalue weighted by atomic mass is 9.87. The van der Waals surface area contributed by atoms with E-state index in [-0.39, 0.29) is 5.82 Å². The summed E-state index contributed by atoms with van der Waals surface area (Å²) in [4.78, 5) is 2.44. The number of hydrogen-bond acceptors (Lipinski definition) is 1. The summed E-state index contributed by atoms with van der Waals surface area (Å²) in [5, 5.41) is 0. The second-order valence-corrected chi connectivity index (χ2v) is 5.64. The van der Waals surface area contributed by atoms with E-state index < -0.39 is 0 Å². The van der Waals surface area contributed by atoms with E-state index in [1.54, 1.807) is 6.07 Å². The molecule has 1 aliphatic rings. The van der Waals surface area contributed by atoms with Gasteiger partial charge in [0.2, 0.25) is 0 Å². The Morgan fingerprint density at radius 1 is 1.28 bits per heavy atom. The van der Waals surface area contributed by atoms with Crippen molar-refractivity contribution in [1.29, 1.82) is 0 Å². The van der Waals surface area contributed by atoms with E-state index >= 15 is 0 Å². The van der Waals surface area contributed by atoms with E-state index in [9.17, 15) is 4.39 Å². The Morgan fingerprint density at radius 2 is 1.94 bits per heavy atom. The first kappa shape index (κ1) is 13.5. The first-order chi connectivity index (χ1) is 8.61. The Balaban J connectivity index is 2.10. The molecule has 1 saturated heterocycles. The maximum absolute atomic E-state index is 14.2. The molecule has 0 N–H and O–H groups in total. The fourth-order valence-corrected chi connectivity index (χ4v) is 2.79. The highest BCUT2D eigenvalue weighted by Crippen LogP contribution is 2.31. The van der Waals surface area contributed by atoms with Gasteiger partial charge < -0.3 is 4.90 Å². The van der Waals surface area contributed by atoms with Gasteiger partial charge in [0, 0.05) is 0 Å². The molecule has 0 saturated carbocycles. The van der Waals surface area contributed by atoms with Gasteiger partial charge in [0.1, 0.15) is 5.82 Å². The molecule has 18 heavy (non-hydrogen) atoms. The molecular weight excluding hydrogens is 225 g/mol. The molecule has 1 aromatic rings. The molecule has 1 nitrogen and oxygen atoms in total. The fourth-order valence-electron chi connectivity index (χ4n) is 2.79. The van der Waals surface area contributed by atoms with Gasteiger partial charge >= 0.3 is 0 Å². The van der Waals surface area contributed by atoms with Crippen molar-refractivity contribution >= 4 is 0 Å². The number of hydrogen-bond donors (Lipinski definition) is 0. The molecule has 0 radical (unpaired) electrons. The van der Waals surface area contributed by atoms with Crippen LogP contribution in [0.3, 0.4) is 0 Å². The summed E-state index contributed by atoms with van der Waals surface area (Å²) in [7, 11) is 0. The molecule has 1 aromatic carbocycles. The van der Waals surface area contributed by atoms with Crippen LogP contribution in [0.25, 0.3) is 0 Å². The summed E-state index contributed by atoms with van der Waals surface area (Å²) in [6.45, 7) is 9.72. The van der Waals surface area contributed by atoms with Crippen LogP contribution < -0.4 is 0 Å². The van der Waals surface area contributed by atoms with Gasteiger partial charge in [-0.3, -0.25) is 0 Å². The lowest BCUT2D eigenvalue weighted by Crippen LogP contribution is -2.32. The molecule has 0 atom stereocenters. The van der Waals surface area contributed by atoms with Crippen LogP contribution in [-0.2, 0) is 0 Å². The Labute approximate surface area is 110 Å². The zero-order valence-corrected chi connectivity index (χ0v) is 11.7. The summed E-state index contributed by atoms with van der Waals surface area (Å²) < 4.78 is 14.2. The average molecular weight is 249 g/mol. The highest BCUT2D eigenvalue weighted by atomic mass is 19.1. The highest BCUT2D eigenvalue weighted by Gasteiger charge is 2.22. The Morgan fingerprint density at radius 3 is 2.44 bits per heavy atom. The molecule has 1 fully saturated rings. The maximum atomic E-state index is 14.2. The van der Waals surface area contributed by atoms with Crippen molar-refractivity contribution < 1.29 is 4.39 Å². The van der Waals surface area contributed by atoms with Gasteiger partial charge in [0.15, 0.2) is 0 Å². The van der Waals surface area contributed by atoms with Crippen molar-refractivity contribution in [3.8, 4) is 0 Å². The highest BCUT2D eigenvalue weighted by molar-refractivity contribution is 5.29. The zero-order valence-electron chi connectivity index (χ0n) is 11.7. The van der Waals surface area contributed by atoms with Crippen LogP contribution in [0, 0.1) is 5.82 Å². The lowest BCUT2D eigenvalue weighted by molar-refractivity contribution is 0.220. The van der Waals surface area contributed by atoms with Crippen molar-refractivity contribution in [3.63, 3.8) is 0 Å². The SMILES string of the molecule is CCN1CCC(c2ccc(C(C)C)cc2F)CC1. The smallest absolute Gasteiger partial charge is 0.126 e. The largest absolute Gasteiger partial charge is 0.304 e. The fraction of sp³-hybridized carbons (Fsp3) is 0.625. The summed E-state index contributed by atoms with van der Waals surface area (Å²) in [5.41, 5.74) is 2.03. The number of rotatable bonds is 3. The Kier molecular flexibility index (Phi) is 4.39. The van der Waals surface area contributed by atoms with Gasteiger partial charge in [-0.2, -0.15) is 0 Å². The molecular formula is C16H24FN. The van der Waals surface area contributed by atoms with Crippen molar-refractivity contribution in [2.24, 2.45) is 0 Å². The summed E-state index contributed by atoms with van der Waals surface area (Å²) in [5.74, 6) is 0.806. The number of piperidine rings is 1. The van der Waals surface area contributed by atoms with E-state index in [0.717, 1.165) is 43.6 Å². The molecule has 100 valence electrons. The summed E-state index contributed by atoms with van der Waals surface area (Å²) in [6, 6.07) is 5.83. The third-order valence-electron chi connectivity index (χ3n) is 4.17. The van der Waals surface area contributed by atoms with Crippen LogP contribution in [0.15, 0.2) is 18.2 Å². The van der Waals surface area contributed by atoms with E-state index in [1.165, 1.54) is 0 Å². The first-order valence-corrected chi connectivity index (χ1v) is 7.13. The monoisotopic (exact) mass is 249 g/mol. The first-order valence-electron chi connectivity index (χ1n) is 7.13. The molecule has 0 amide bonds. The minimum absolute atomic E-state index is 0.00357. The average Bonchev–Trinajstić information content (AvgIpc) is 2.38. The van der Waals surface area contributed by atoms with Crippen molar-refractivity contribution in [1.82, 2.24) is 4.90 Å². The Bertz CT molecular complexity index is 392. The molecule has 0 aliphatic carbocycles. The van der Waals surface area contributed by atoms with E-state index in [1.807, 2.05) is 6.07 Å². The number of nitrogens with zero attached hydrogens (tertiary/aromatic N) is 1. The van der Waals surface area contributed by atoms with E-state index in [0.29, 0.717) is 11.8 Å². The molecule has 0 bridgehead atoms. The van der Waals surface area contributed by atoms with Gasteiger partial charge in [-0.05, 0) is 61.5 Å². The molecule has 2 rings (SSSR count). The Hall–Kier alpha value is -0.890. The van der Waals surface area contributed by atoms with Crippen LogP contribution >= 0.6 is 0 Å². The van der Waals surface area contributed by atoms with Gasteiger partial charge in [-0.25, -0.2) is 4.39 Å². The predicted octanol–water partition coefficient (Wildman–Crippen LogP) is 4.15. The standard InChI is InChI=1S/C16H24FN/c1-4-18-9-7-13(8-10-18)15-6-5-14(12(2)3)11-16(15)17/h5-6,11-13H,4,7-10H2,1-3H3. The summed E-state index contributed by atoms with van der Waals surface area (Å²) >= 11 is 0. The number of likely N-dealkylation sites (tertiary alicyclic amines) is 1. The quantitative estimate of drug-likeness (QED) is 0.778. The van der Waals surface area contributed by atoms with Gasteiger partial charge in [-0.15, -0.1) is 0 Å². The molecule has 1 heterocycles. The zero-order chi connectivity index (χ0) is 13.1. The minimum Gasteiger partial charge on any atom is -0.304 e. The number of halogens is 1. The number of benzene rings is 1. The van der Waals surface area contributed by atoms with Crippen LogP contribution in [-0.4, -0.2) is 24.5 Å². The van der Waals surface area contributed by atoms with Crippen molar-refractivity contribution in [2.45, 2.75) is 45.4 Å². The lowest BCUT2D eigenvalue weighted by Gasteiger charge is -2.31. The van der Waals surface area contributed by atoms with Crippen molar-refractivity contribution in [2.75, 3.05) is 19.6 Å². The normalized spacial score (nSPS) is 18.5. The van der Waals surface area contributed by atoms with Crippen LogP contribution in [0.5, 0.6) is 0 Å².